The number of hydrogen-bond acceptors (Lipinski definition) is 4. The third kappa shape index (κ3) is 3.22. The molecule has 3 amide bonds. The van der Waals surface area contributed by atoms with Crippen molar-refractivity contribution in [3.8, 4) is 0 Å². The highest BCUT2D eigenvalue weighted by molar-refractivity contribution is 6.35. The van der Waals surface area contributed by atoms with Gasteiger partial charge in [0.05, 0.1) is 22.5 Å². The first-order valence-electron chi connectivity index (χ1n) is 12.8. The molecule has 0 radical (unpaired) electrons. The van der Waals surface area contributed by atoms with Crippen molar-refractivity contribution < 1.29 is 14.4 Å². The largest absolute Gasteiger partial charge is 0.361 e. The second-order valence-corrected chi connectivity index (χ2v) is 10.7. The van der Waals surface area contributed by atoms with Crippen LogP contribution in [0.2, 0.25) is 5.02 Å². The quantitative estimate of drug-likeness (QED) is 0.344. The van der Waals surface area contributed by atoms with Crippen molar-refractivity contribution in [1.82, 2.24) is 15.2 Å². The molecular formula is C30H25ClN4O3. The van der Waals surface area contributed by atoms with E-state index in [1.54, 1.807) is 12.1 Å². The first-order valence-corrected chi connectivity index (χ1v) is 13.2. The van der Waals surface area contributed by atoms with Crippen LogP contribution in [0.25, 0.3) is 10.9 Å². The number of carbonyl (C=O) groups excluding carboxylic acids is 3. The molecule has 8 heteroatoms. The lowest BCUT2D eigenvalue weighted by atomic mass is 9.76. The second-order valence-electron chi connectivity index (χ2n) is 10.3. The van der Waals surface area contributed by atoms with Crippen molar-refractivity contribution in [2.45, 2.75) is 24.4 Å². The molecule has 7 nitrogen and oxygen atoms in total. The van der Waals surface area contributed by atoms with Gasteiger partial charge in [-0.15, -0.1) is 0 Å². The van der Waals surface area contributed by atoms with Crippen LogP contribution in [0, 0.1) is 11.8 Å². The molecule has 4 heterocycles. The van der Waals surface area contributed by atoms with Crippen molar-refractivity contribution in [3.63, 3.8) is 0 Å². The summed E-state index contributed by atoms with van der Waals surface area (Å²) in [7, 11) is 0. The highest BCUT2D eigenvalue weighted by Crippen LogP contribution is 2.54. The number of H-pyrrole nitrogens is 1. The Hall–Kier alpha value is -3.94. The summed E-state index contributed by atoms with van der Waals surface area (Å²) in [6, 6.07) is 22.7. The van der Waals surface area contributed by atoms with Crippen LogP contribution in [0.15, 0.2) is 79.0 Å². The topological polar surface area (TPSA) is 94.3 Å². The third-order valence-electron chi connectivity index (χ3n) is 8.37. The van der Waals surface area contributed by atoms with Gasteiger partial charge >= 0.3 is 0 Å². The van der Waals surface area contributed by atoms with Gasteiger partial charge in [0.25, 0.3) is 0 Å². The van der Waals surface area contributed by atoms with Crippen molar-refractivity contribution in [1.29, 1.82) is 0 Å². The molecule has 4 aromatic rings. The molecule has 4 atom stereocenters. The van der Waals surface area contributed by atoms with Gasteiger partial charge in [0.15, 0.2) is 0 Å². The molecule has 1 aromatic heterocycles. The predicted octanol–water partition coefficient (Wildman–Crippen LogP) is 4.03. The van der Waals surface area contributed by atoms with Crippen LogP contribution in [0.5, 0.6) is 0 Å². The Morgan fingerprint density at radius 2 is 1.68 bits per heavy atom. The van der Waals surface area contributed by atoms with E-state index in [9.17, 15) is 14.4 Å². The molecular weight excluding hydrogens is 500 g/mol. The van der Waals surface area contributed by atoms with E-state index in [0.717, 1.165) is 22.0 Å². The maximum atomic E-state index is 14.0. The van der Waals surface area contributed by atoms with Gasteiger partial charge in [-0.25, -0.2) is 0 Å². The Bertz CT molecular complexity index is 1620. The summed E-state index contributed by atoms with van der Waals surface area (Å²) >= 11 is 6.46. The number of aromatic amines is 1. The molecule has 3 N–H and O–H groups in total. The minimum absolute atomic E-state index is 0.228. The van der Waals surface area contributed by atoms with E-state index in [1.165, 1.54) is 4.90 Å². The summed E-state index contributed by atoms with van der Waals surface area (Å²) in [6.45, 7) is 0.272. The van der Waals surface area contributed by atoms with Gasteiger partial charge in [-0.1, -0.05) is 72.3 Å². The highest BCUT2D eigenvalue weighted by Gasteiger charge is 2.70. The van der Waals surface area contributed by atoms with Gasteiger partial charge in [0.1, 0.15) is 5.54 Å². The van der Waals surface area contributed by atoms with Crippen LogP contribution in [0.3, 0.4) is 0 Å². The zero-order chi connectivity index (χ0) is 26.0. The first kappa shape index (κ1) is 23.2. The molecule has 0 saturated carbocycles. The van der Waals surface area contributed by atoms with Crippen LogP contribution in [0.1, 0.15) is 16.7 Å². The minimum Gasteiger partial charge on any atom is -0.361 e. The molecule has 3 aromatic carbocycles. The molecule has 2 saturated heterocycles. The van der Waals surface area contributed by atoms with Crippen LogP contribution in [0.4, 0.5) is 5.69 Å². The molecule has 38 heavy (non-hydrogen) atoms. The smallest absolute Gasteiger partial charge is 0.250 e. The molecule has 2 fully saturated rings. The number of anilines is 1. The lowest BCUT2D eigenvalue weighted by Crippen LogP contribution is -2.53. The average Bonchev–Trinajstić information content (AvgIpc) is 3.64. The maximum absolute atomic E-state index is 14.0. The Balaban J connectivity index is 1.30. The van der Waals surface area contributed by atoms with Crippen LogP contribution >= 0.6 is 11.6 Å². The third-order valence-corrected chi connectivity index (χ3v) is 8.69. The monoisotopic (exact) mass is 524 g/mol. The van der Waals surface area contributed by atoms with E-state index in [1.807, 2.05) is 66.9 Å². The fourth-order valence-corrected chi connectivity index (χ4v) is 6.89. The summed E-state index contributed by atoms with van der Waals surface area (Å²) in [5.41, 5.74) is 2.83. The number of rotatable bonds is 5. The number of benzene rings is 3. The van der Waals surface area contributed by atoms with Crippen molar-refractivity contribution in [3.05, 3.63) is 101 Å². The fraction of sp³-hybridized carbons (Fsp3) is 0.233. The SMILES string of the molecule is O=C1[C@@H]2C(Cc3c[nH]c4ccccc34)NC3(C(=O)Nc4c(Cl)cccc43)[C@@H]2C(=O)N1CCc1ccccc1. The van der Waals surface area contributed by atoms with Crippen LogP contribution < -0.4 is 10.6 Å². The number of para-hydroxylation sites is 2. The van der Waals surface area contributed by atoms with Gasteiger partial charge in [-0.05, 0) is 36.1 Å². The number of likely N-dealkylation sites (tertiary alicyclic amines) is 1. The molecule has 0 aliphatic carbocycles. The molecule has 3 aliphatic heterocycles. The fourth-order valence-electron chi connectivity index (χ4n) is 6.67. The van der Waals surface area contributed by atoms with E-state index in [4.69, 9.17) is 11.6 Å². The summed E-state index contributed by atoms with van der Waals surface area (Å²) in [4.78, 5) is 46.4. The molecule has 7 rings (SSSR count). The summed E-state index contributed by atoms with van der Waals surface area (Å²) in [5, 5.41) is 7.88. The van der Waals surface area contributed by atoms with Crippen molar-refractivity contribution in [2.24, 2.45) is 11.8 Å². The number of amides is 3. The molecule has 2 unspecified atom stereocenters. The van der Waals surface area contributed by atoms with Gasteiger partial charge in [-0.3, -0.25) is 24.6 Å². The van der Waals surface area contributed by atoms with Gasteiger partial charge < -0.3 is 10.3 Å². The molecule has 0 bridgehead atoms. The molecule has 3 aliphatic rings. The lowest BCUT2D eigenvalue weighted by molar-refractivity contribution is -0.142. The van der Waals surface area contributed by atoms with Gasteiger partial charge in [0.2, 0.25) is 17.7 Å². The maximum Gasteiger partial charge on any atom is 0.250 e. The Labute approximate surface area is 224 Å². The highest BCUT2D eigenvalue weighted by atomic mass is 35.5. The number of nitrogens with one attached hydrogen (secondary N) is 3. The van der Waals surface area contributed by atoms with E-state index < -0.39 is 23.4 Å². The van der Waals surface area contributed by atoms with Gasteiger partial charge in [-0.2, -0.15) is 0 Å². The van der Waals surface area contributed by atoms with E-state index in [0.29, 0.717) is 29.1 Å². The lowest BCUT2D eigenvalue weighted by Gasteiger charge is -2.29. The molecule has 190 valence electrons. The first-order chi connectivity index (χ1) is 18.5. The Morgan fingerprint density at radius 3 is 2.53 bits per heavy atom. The van der Waals surface area contributed by atoms with Gasteiger partial charge in [0, 0.05) is 35.2 Å². The average molecular weight is 525 g/mol. The summed E-state index contributed by atoms with van der Waals surface area (Å²) in [5.74, 6) is -2.42. The minimum atomic E-state index is -1.37. The normalized spacial score (nSPS) is 25.9. The predicted molar refractivity (Wildman–Crippen MR) is 145 cm³/mol. The number of imide groups is 1. The van der Waals surface area contributed by atoms with Crippen molar-refractivity contribution in [2.75, 3.05) is 11.9 Å². The summed E-state index contributed by atoms with van der Waals surface area (Å²) < 4.78 is 0. The van der Waals surface area contributed by atoms with E-state index >= 15 is 0 Å². The summed E-state index contributed by atoms with van der Waals surface area (Å²) in [6.07, 6.45) is 2.99. The number of aromatic nitrogens is 1. The Kier molecular flexibility index (Phi) is 5.22. The Morgan fingerprint density at radius 1 is 0.895 bits per heavy atom. The van der Waals surface area contributed by atoms with Crippen LogP contribution in [-0.4, -0.2) is 40.2 Å². The number of carbonyl (C=O) groups is 3. The number of fused-ring (bicyclic) bond motifs is 5. The van der Waals surface area contributed by atoms with Crippen molar-refractivity contribution >= 4 is 45.9 Å². The molecule has 1 spiro atoms. The standard InChI is InChI=1S/C30H25ClN4O3/c31-21-11-6-10-20-26(21)33-29(38)30(20)25-24(23(34-30)15-18-16-32-22-12-5-4-9-19(18)22)27(36)35(28(25)37)14-13-17-7-2-1-3-8-17/h1-12,16,23-25,32,34H,13-15H2,(H,33,38)/t23?,24-,25+,30?/m1/s1. The van der Waals surface area contributed by atoms with E-state index in [2.05, 4.69) is 15.6 Å². The number of nitrogens with zero attached hydrogens (tertiary/aromatic N) is 1. The zero-order valence-corrected chi connectivity index (χ0v) is 21.2. The van der Waals surface area contributed by atoms with Crippen LogP contribution in [-0.2, 0) is 32.8 Å². The second kappa shape index (κ2) is 8.55. The number of halogens is 1. The van der Waals surface area contributed by atoms with E-state index in [-0.39, 0.29) is 24.3 Å². The number of hydrogen-bond donors (Lipinski definition) is 3. The zero-order valence-electron chi connectivity index (χ0n) is 20.4.